The van der Waals surface area contributed by atoms with Crippen molar-refractivity contribution in [1.29, 1.82) is 0 Å². The maximum Gasteiger partial charge on any atom is 0.256 e. The van der Waals surface area contributed by atoms with Crippen molar-refractivity contribution in [3.8, 4) is 0 Å². The molecule has 0 saturated carbocycles. The summed E-state index contributed by atoms with van der Waals surface area (Å²) in [6.45, 7) is 4.18. The summed E-state index contributed by atoms with van der Waals surface area (Å²) >= 11 is 4.87. The van der Waals surface area contributed by atoms with Gasteiger partial charge in [-0.15, -0.1) is 11.3 Å². The van der Waals surface area contributed by atoms with Crippen LogP contribution in [0.1, 0.15) is 35.1 Å². The minimum atomic E-state index is -0.122. The van der Waals surface area contributed by atoms with Crippen molar-refractivity contribution in [3.63, 3.8) is 0 Å². The fraction of sp³-hybridized carbons (Fsp3) is 0.308. The first-order chi connectivity index (χ1) is 8.59. The van der Waals surface area contributed by atoms with E-state index in [0.717, 1.165) is 4.88 Å². The minimum absolute atomic E-state index is 0.0271. The summed E-state index contributed by atoms with van der Waals surface area (Å²) < 4.78 is 5.54. The van der Waals surface area contributed by atoms with Crippen molar-refractivity contribution in [2.45, 2.75) is 19.9 Å². The Kier molecular flexibility index (Phi) is 4.24. The first-order valence-electron chi connectivity index (χ1n) is 5.67. The second-order valence-corrected chi connectivity index (χ2v) is 6.02. The lowest BCUT2D eigenvalue weighted by molar-refractivity contribution is 0.0925. The first kappa shape index (κ1) is 13.4. The van der Waals surface area contributed by atoms with E-state index in [-0.39, 0.29) is 11.9 Å². The molecule has 1 unspecified atom stereocenters. The van der Waals surface area contributed by atoms with Gasteiger partial charge in [-0.2, -0.15) is 0 Å². The number of nitrogens with one attached hydrogen (secondary N) is 1. The molecule has 0 spiro atoms. The molecule has 0 bridgehead atoms. The van der Waals surface area contributed by atoms with Gasteiger partial charge in [0.15, 0.2) is 4.67 Å². The van der Waals surface area contributed by atoms with Crippen LogP contribution in [0.4, 0.5) is 0 Å². The molecule has 3 nitrogen and oxygen atoms in total. The Morgan fingerprint density at radius 3 is 2.72 bits per heavy atom. The number of rotatable bonds is 4. The lowest BCUT2D eigenvalue weighted by atomic mass is 10.0. The van der Waals surface area contributed by atoms with Crippen LogP contribution >= 0.6 is 27.3 Å². The predicted molar refractivity (Wildman–Crippen MR) is 75.8 cm³/mol. The number of carbonyl (C=O) groups is 1. The number of halogens is 1. The zero-order valence-electron chi connectivity index (χ0n) is 10.1. The molecule has 0 aliphatic rings. The number of amides is 1. The molecule has 0 aliphatic carbocycles. The maximum atomic E-state index is 12.1. The normalized spacial score (nSPS) is 12.7. The van der Waals surface area contributed by atoms with E-state index in [1.54, 1.807) is 17.4 Å². The van der Waals surface area contributed by atoms with E-state index in [2.05, 4.69) is 35.1 Å². The van der Waals surface area contributed by atoms with E-state index in [1.807, 2.05) is 17.5 Å². The van der Waals surface area contributed by atoms with Crippen LogP contribution < -0.4 is 5.32 Å². The van der Waals surface area contributed by atoms with Gasteiger partial charge in [0.05, 0.1) is 17.9 Å². The fourth-order valence-corrected chi connectivity index (χ4v) is 3.08. The largest absolute Gasteiger partial charge is 0.457 e. The Balaban J connectivity index is 2.16. The Bertz CT molecular complexity index is 519. The quantitative estimate of drug-likeness (QED) is 0.912. The summed E-state index contributed by atoms with van der Waals surface area (Å²) in [5.41, 5.74) is 0.525. The summed E-state index contributed by atoms with van der Waals surface area (Å²) in [4.78, 5) is 13.3. The Labute approximate surface area is 118 Å². The van der Waals surface area contributed by atoms with Crippen LogP contribution in [0.5, 0.6) is 0 Å². The van der Waals surface area contributed by atoms with Gasteiger partial charge in [0.2, 0.25) is 0 Å². The summed E-state index contributed by atoms with van der Waals surface area (Å²) in [5, 5.41) is 5.06. The average molecular weight is 328 g/mol. The number of thiophene rings is 1. The van der Waals surface area contributed by atoms with E-state index < -0.39 is 0 Å². The third-order valence-corrected chi connectivity index (χ3v) is 4.24. The van der Waals surface area contributed by atoms with Gasteiger partial charge in [0, 0.05) is 4.88 Å². The van der Waals surface area contributed by atoms with Crippen LogP contribution in [0.3, 0.4) is 0 Å². The van der Waals surface area contributed by atoms with E-state index in [4.69, 9.17) is 4.42 Å². The molecule has 18 heavy (non-hydrogen) atoms. The molecule has 0 fully saturated rings. The molecule has 2 heterocycles. The van der Waals surface area contributed by atoms with E-state index in [0.29, 0.717) is 16.2 Å². The van der Waals surface area contributed by atoms with Crippen molar-refractivity contribution in [3.05, 3.63) is 45.0 Å². The van der Waals surface area contributed by atoms with Gasteiger partial charge in [-0.05, 0) is 39.4 Å². The van der Waals surface area contributed by atoms with Crippen LogP contribution in [0.25, 0.3) is 0 Å². The summed E-state index contributed by atoms with van der Waals surface area (Å²) in [6.07, 6.45) is 1.49. The highest BCUT2D eigenvalue weighted by atomic mass is 79.9. The predicted octanol–water partition coefficient (Wildman–Crippen LogP) is 4.23. The number of hydrogen-bond acceptors (Lipinski definition) is 3. The minimum Gasteiger partial charge on any atom is -0.457 e. The van der Waals surface area contributed by atoms with Crippen LogP contribution in [-0.4, -0.2) is 5.91 Å². The van der Waals surface area contributed by atoms with Crippen molar-refractivity contribution in [1.82, 2.24) is 5.32 Å². The third-order valence-electron chi connectivity index (χ3n) is 2.67. The Hall–Kier alpha value is -1.07. The highest BCUT2D eigenvalue weighted by molar-refractivity contribution is 9.10. The molecule has 2 rings (SSSR count). The molecule has 1 atom stereocenters. The van der Waals surface area contributed by atoms with Crippen LogP contribution in [0, 0.1) is 5.92 Å². The van der Waals surface area contributed by atoms with Gasteiger partial charge < -0.3 is 9.73 Å². The lowest BCUT2D eigenvalue weighted by Gasteiger charge is -2.20. The first-order valence-corrected chi connectivity index (χ1v) is 7.34. The van der Waals surface area contributed by atoms with Crippen LogP contribution in [0.2, 0.25) is 0 Å². The van der Waals surface area contributed by atoms with Crippen molar-refractivity contribution < 1.29 is 9.21 Å². The van der Waals surface area contributed by atoms with Crippen molar-refractivity contribution in [2.75, 3.05) is 0 Å². The second kappa shape index (κ2) is 5.71. The zero-order valence-corrected chi connectivity index (χ0v) is 12.5. The van der Waals surface area contributed by atoms with Crippen molar-refractivity contribution >= 4 is 33.2 Å². The second-order valence-electron chi connectivity index (χ2n) is 4.32. The van der Waals surface area contributed by atoms with Gasteiger partial charge >= 0.3 is 0 Å². The van der Waals surface area contributed by atoms with Gasteiger partial charge in [0.1, 0.15) is 0 Å². The highest BCUT2D eigenvalue weighted by Crippen LogP contribution is 2.27. The molecule has 1 N–H and O–H groups in total. The molecule has 1 amide bonds. The molecular weight excluding hydrogens is 314 g/mol. The highest BCUT2D eigenvalue weighted by Gasteiger charge is 2.21. The van der Waals surface area contributed by atoms with Gasteiger partial charge in [-0.1, -0.05) is 19.9 Å². The molecule has 2 aromatic heterocycles. The Morgan fingerprint density at radius 2 is 2.22 bits per heavy atom. The molecule has 0 saturated heterocycles. The molecule has 2 aromatic rings. The van der Waals surface area contributed by atoms with Gasteiger partial charge in [-0.25, -0.2) is 0 Å². The lowest BCUT2D eigenvalue weighted by Crippen LogP contribution is -2.31. The zero-order chi connectivity index (χ0) is 13.1. The summed E-state index contributed by atoms with van der Waals surface area (Å²) in [5.74, 6) is 0.209. The van der Waals surface area contributed by atoms with E-state index in [1.165, 1.54) is 6.26 Å². The van der Waals surface area contributed by atoms with E-state index in [9.17, 15) is 4.79 Å². The number of furan rings is 1. The molecule has 0 radical (unpaired) electrons. The smallest absolute Gasteiger partial charge is 0.256 e. The number of carbonyl (C=O) groups excluding carboxylic acids is 1. The van der Waals surface area contributed by atoms with E-state index >= 15 is 0 Å². The third kappa shape index (κ3) is 2.84. The molecular formula is C13H14BrNO2S. The SMILES string of the molecule is CC(C)C(NC(=O)c1ccoc1Br)c1cccs1. The Morgan fingerprint density at radius 1 is 1.44 bits per heavy atom. The van der Waals surface area contributed by atoms with Crippen molar-refractivity contribution in [2.24, 2.45) is 5.92 Å². The van der Waals surface area contributed by atoms with Crippen LogP contribution in [-0.2, 0) is 0 Å². The van der Waals surface area contributed by atoms with Crippen LogP contribution in [0.15, 0.2) is 38.9 Å². The topological polar surface area (TPSA) is 42.2 Å². The summed E-state index contributed by atoms with van der Waals surface area (Å²) in [6, 6.07) is 5.72. The van der Waals surface area contributed by atoms with Gasteiger partial charge in [-0.3, -0.25) is 4.79 Å². The number of hydrogen-bond donors (Lipinski definition) is 1. The monoisotopic (exact) mass is 327 g/mol. The molecule has 5 heteroatoms. The molecule has 96 valence electrons. The summed E-state index contributed by atoms with van der Waals surface area (Å²) in [7, 11) is 0. The van der Waals surface area contributed by atoms with Gasteiger partial charge in [0.25, 0.3) is 5.91 Å². The fourth-order valence-electron chi connectivity index (χ4n) is 1.71. The standard InChI is InChI=1S/C13H14BrNO2S/c1-8(2)11(10-4-3-7-18-10)15-13(16)9-5-6-17-12(9)14/h3-8,11H,1-2H3,(H,15,16). The molecule has 0 aliphatic heterocycles. The molecule has 0 aromatic carbocycles. The average Bonchev–Trinajstić information content (AvgIpc) is 2.95. The maximum absolute atomic E-state index is 12.1.